The third-order valence-electron chi connectivity index (χ3n) is 8.26. The normalized spacial score (nSPS) is 18.2. The number of ether oxygens (including phenoxy) is 5. The number of hydrogen-bond donors (Lipinski definition) is 3. The molecule has 0 amide bonds. The van der Waals surface area contributed by atoms with E-state index in [0.29, 0.717) is 32.5 Å². The Kier molecular flexibility index (Phi) is 13.9. The standard InChI is InChI=1S/C35H53NO8/c1-9-18-42-35(12-4,13-5)17-20-43-34(10-2,11-3)16-19-40-30-14-15-33(8,23-27(30)25(6)7)44-32-28(36)21-26(22-29(32)37)41-24-31(38)39/h2,14,21-23,25,37H,9,11-13,15-20,24,36H2,1,3-8H3,(H,38,39). The van der Waals surface area contributed by atoms with Gasteiger partial charge in [-0.1, -0.05) is 47.5 Å². The maximum atomic E-state index is 10.8. The van der Waals surface area contributed by atoms with Gasteiger partial charge in [-0.25, -0.2) is 4.79 Å². The van der Waals surface area contributed by atoms with Crippen LogP contribution >= 0.6 is 0 Å². The van der Waals surface area contributed by atoms with E-state index in [4.69, 9.17) is 40.9 Å². The topological polar surface area (TPSA) is 130 Å². The fourth-order valence-electron chi connectivity index (χ4n) is 5.24. The van der Waals surface area contributed by atoms with Crippen LogP contribution in [-0.2, 0) is 19.0 Å². The number of aliphatic carboxylic acids is 1. The molecule has 0 aromatic heterocycles. The van der Waals surface area contributed by atoms with Gasteiger partial charge in [0.05, 0.1) is 24.5 Å². The van der Waals surface area contributed by atoms with Crippen LogP contribution in [0.5, 0.6) is 17.2 Å². The zero-order valence-electron chi connectivity index (χ0n) is 27.7. The van der Waals surface area contributed by atoms with Crippen molar-refractivity contribution in [3.63, 3.8) is 0 Å². The van der Waals surface area contributed by atoms with Crippen molar-refractivity contribution >= 4 is 11.7 Å². The van der Waals surface area contributed by atoms with Gasteiger partial charge in [0.25, 0.3) is 0 Å². The second-order valence-electron chi connectivity index (χ2n) is 11.9. The number of aromatic hydroxyl groups is 1. The Labute approximate surface area is 263 Å². The number of carbonyl (C=O) groups is 1. The smallest absolute Gasteiger partial charge is 0.341 e. The van der Waals surface area contributed by atoms with Gasteiger partial charge in [-0.15, -0.1) is 6.42 Å². The first kappa shape index (κ1) is 36.8. The molecule has 2 rings (SSSR count). The van der Waals surface area contributed by atoms with Crippen LogP contribution < -0.4 is 15.2 Å². The number of terminal acetylenes is 1. The third-order valence-corrected chi connectivity index (χ3v) is 8.26. The van der Waals surface area contributed by atoms with E-state index < -0.39 is 23.8 Å². The molecule has 9 heteroatoms. The van der Waals surface area contributed by atoms with Crippen molar-refractivity contribution in [2.45, 2.75) is 110 Å². The average molecular weight is 616 g/mol. The highest BCUT2D eigenvalue weighted by atomic mass is 16.5. The highest BCUT2D eigenvalue weighted by Crippen LogP contribution is 2.42. The molecule has 0 spiro atoms. The summed E-state index contributed by atoms with van der Waals surface area (Å²) in [6, 6.07) is 2.71. The molecular weight excluding hydrogens is 562 g/mol. The van der Waals surface area contributed by atoms with Gasteiger partial charge >= 0.3 is 5.97 Å². The Morgan fingerprint density at radius 1 is 1.07 bits per heavy atom. The summed E-state index contributed by atoms with van der Waals surface area (Å²) < 4.78 is 30.3. The summed E-state index contributed by atoms with van der Waals surface area (Å²) in [7, 11) is 0. The quantitative estimate of drug-likeness (QED) is 0.105. The van der Waals surface area contributed by atoms with Gasteiger partial charge in [-0.3, -0.25) is 0 Å². The summed E-state index contributed by atoms with van der Waals surface area (Å²) in [6.45, 7) is 15.6. The van der Waals surface area contributed by atoms with Crippen molar-refractivity contribution in [2.75, 3.05) is 32.2 Å². The van der Waals surface area contributed by atoms with E-state index in [9.17, 15) is 9.90 Å². The van der Waals surface area contributed by atoms with Crippen LogP contribution in [0.1, 0.15) is 93.4 Å². The minimum Gasteiger partial charge on any atom is -0.504 e. The van der Waals surface area contributed by atoms with Gasteiger partial charge in [0.2, 0.25) is 0 Å². The Bertz CT molecular complexity index is 1170. The number of nitrogen functional groups attached to an aromatic ring is 1. The molecule has 4 N–H and O–H groups in total. The number of anilines is 1. The minimum absolute atomic E-state index is 0.0986. The van der Waals surface area contributed by atoms with Crippen LogP contribution in [0, 0.1) is 18.3 Å². The van der Waals surface area contributed by atoms with Crippen LogP contribution in [0.4, 0.5) is 5.69 Å². The number of benzene rings is 1. The monoisotopic (exact) mass is 615 g/mol. The Balaban J connectivity index is 2.09. The van der Waals surface area contributed by atoms with Crippen molar-refractivity contribution in [2.24, 2.45) is 5.92 Å². The van der Waals surface area contributed by atoms with Gasteiger partial charge in [0, 0.05) is 31.6 Å². The third kappa shape index (κ3) is 10.1. The van der Waals surface area contributed by atoms with Gasteiger partial charge in [0.15, 0.2) is 18.1 Å². The number of carboxylic acid groups (broad SMARTS) is 1. The van der Waals surface area contributed by atoms with Crippen molar-refractivity contribution in [3.05, 3.63) is 35.6 Å². The lowest BCUT2D eigenvalue weighted by Crippen LogP contribution is -2.37. The van der Waals surface area contributed by atoms with Gasteiger partial charge in [0.1, 0.15) is 22.7 Å². The molecule has 2 atom stereocenters. The SMILES string of the molecule is C#CC(CC)(CCOC1=CCC(C)(Oc2c(N)cc(OCC(=O)O)cc2O)C=C1C(C)C)OCCC(CC)(CC)OCCC. The lowest BCUT2D eigenvalue weighted by Gasteiger charge is -2.35. The predicted molar refractivity (Wildman–Crippen MR) is 173 cm³/mol. The van der Waals surface area contributed by atoms with Crippen LogP contribution in [0.15, 0.2) is 35.6 Å². The van der Waals surface area contributed by atoms with E-state index in [1.165, 1.54) is 12.1 Å². The zero-order valence-corrected chi connectivity index (χ0v) is 27.7. The highest BCUT2D eigenvalue weighted by molar-refractivity contribution is 5.69. The number of hydrogen-bond acceptors (Lipinski definition) is 8. The zero-order chi connectivity index (χ0) is 33.0. The van der Waals surface area contributed by atoms with E-state index in [-0.39, 0.29) is 34.5 Å². The lowest BCUT2D eigenvalue weighted by atomic mass is 9.87. The molecule has 246 valence electrons. The maximum Gasteiger partial charge on any atom is 0.341 e. The molecule has 1 aliphatic rings. The summed E-state index contributed by atoms with van der Waals surface area (Å²) in [4.78, 5) is 10.8. The first-order chi connectivity index (χ1) is 20.8. The Hall–Kier alpha value is -3.35. The lowest BCUT2D eigenvalue weighted by molar-refractivity contribution is -0.139. The molecule has 1 aliphatic carbocycles. The summed E-state index contributed by atoms with van der Waals surface area (Å²) in [5, 5.41) is 19.4. The molecule has 0 radical (unpaired) electrons. The number of phenols is 1. The van der Waals surface area contributed by atoms with Crippen LogP contribution in [0.25, 0.3) is 0 Å². The van der Waals surface area contributed by atoms with Crippen molar-refractivity contribution in [1.29, 1.82) is 0 Å². The molecule has 0 fully saturated rings. The largest absolute Gasteiger partial charge is 0.504 e. The molecule has 9 nitrogen and oxygen atoms in total. The number of nitrogens with two attached hydrogens (primary N) is 1. The van der Waals surface area contributed by atoms with Gasteiger partial charge in [-0.05, 0) is 62.7 Å². The summed E-state index contributed by atoms with van der Waals surface area (Å²) in [5.74, 6) is 2.65. The molecule has 0 saturated heterocycles. The second-order valence-corrected chi connectivity index (χ2v) is 11.9. The average Bonchev–Trinajstić information content (AvgIpc) is 2.99. The second kappa shape index (κ2) is 16.6. The Morgan fingerprint density at radius 3 is 2.32 bits per heavy atom. The van der Waals surface area contributed by atoms with E-state index in [0.717, 1.165) is 43.6 Å². The first-order valence-corrected chi connectivity index (χ1v) is 15.8. The van der Waals surface area contributed by atoms with Crippen LogP contribution in [-0.4, -0.2) is 59.4 Å². The number of rotatable bonds is 20. The number of allylic oxidation sites excluding steroid dienone is 1. The van der Waals surface area contributed by atoms with E-state index in [1.807, 2.05) is 26.0 Å². The van der Waals surface area contributed by atoms with E-state index in [2.05, 4.69) is 40.5 Å². The van der Waals surface area contributed by atoms with E-state index in [1.54, 1.807) is 0 Å². The van der Waals surface area contributed by atoms with Crippen LogP contribution in [0.2, 0.25) is 0 Å². The fraction of sp³-hybridized carbons (Fsp3) is 0.629. The molecule has 0 bridgehead atoms. The molecule has 2 unspecified atom stereocenters. The van der Waals surface area contributed by atoms with E-state index >= 15 is 0 Å². The summed E-state index contributed by atoms with van der Waals surface area (Å²) in [6.07, 6.45) is 15.3. The molecule has 0 aliphatic heterocycles. The molecule has 1 aromatic rings. The van der Waals surface area contributed by atoms with Crippen molar-refractivity contribution in [1.82, 2.24) is 0 Å². The molecular formula is C35H53NO8. The Morgan fingerprint density at radius 2 is 1.77 bits per heavy atom. The number of carboxylic acids is 1. The predicted octanol–water partition coefficient (Wildman–Crippen LogP) is 7.03. The maximum absolute atomic E-state index is 10.8. The minimum atomic E-state index is -1.13. The highest BCUT2D eigenvalue weighted by Gasteiger charge is 2.34. The van der Waals surface area contributed by atoms with Crippen molar-refractivity contribution < 1.29 is 38.7 Å². The molecule has 1 aromatic carbocycles. The summed E-state index contributed by atoms with van der Waals surface area (Å²) >= 11 is 0. The van der Waals surface area contributed by atoms with Gasteiger partial charge in [-0.2, -0.15) is 0 Å². The molecule has 0 heterocycles. The van der Waals surface area contributed by atoms with Gasteiger partial charge < -0.3 is 39.6 Å². The van der Waals surface area contributed by atoms with Crippen LogP contribution in [0.3, 0.4) is 0 Å². The fourth-order valence-corrected chi connectivity index (χ4v) is 5.24. The first-order valence-electron chi connectivity index (χ1n) is 15.8. The summed E-state index contributed by atoms with van der Waals surface area (Å²) in [5.41, 5.74) is 5.49. The van der Waals surface area contributed by atoms with Crippen molar-refractivity contribution in [3.8, 4) is 29.6 Å². The molecule has 0 saturated carbocycles. The molecule has 44 heavy (non-hydrogen) atoms. The number of phenolic OH excluding ortho intramolecular Hbond substituents is 1.